The molecule has 0 bridgehead atoms. The summed E-state index contributed by atoms with van der Waals surface area (Å²) in [7, 11) is 2.12. The van der Waals surface area contributed by atoms with Gasteiger partial charge in [0.05, 0.1) is 6.04 Å². The molecule has 0 saturated carbocycles. The van der Waals surface area contributed by atoms with Crippen LogP contribution in [0.3, 0.4) is 0 Å². The smallest absolute Gasteiger partial charge is 0.0564 e. The quantitative estimate of drug-likeness (QED) is 0.802. The first-order valence-electron chi connectivity index (χ1n) is 4.65. The molecular formula is C10H18N2S. The molecule has 1 rings (SSSR count). The van der Waals surface area contributed by atoms with Crippen molar-refractivity contribution in [3.8, 4) is 0 Å². The van der Waals surface area contributed by atoms with E-state index in [4.69, 9.17) is 5.73 Å². The third-order valence-corrected chi connectivity index (χ3v) is 3.58. The van der Waals surface area contributed by atoms with Gasteiger partial charge in [0.25, 0.3) is 0 Å². The molecule has 1 heterocycles. The summed E-state index contributed by atoms with van der Waals surface area (Å²) in [4.78, 5) is 3.70. The molecule has 0 amide bonds. The monoisotopic (exact) mass is 198 g/mol. The van der Waals surface area contributed by atoms with Gasteiger partial charge in [0.2, 0.25) is 0 Å². The molecule has 0 radical (unpaired) electrons. The first kappa shape index (κ1) is 10.7. The summed E-state index contributed by atoms with van der Waals surface area (Å²) in [6, 6.07) is 2.55. The fourth-order valence-electron chi connectivity index (χ4n) is 1.43. The lowest BCUT2D eigenvalue weighted by atomic mass is 10.1. The molecule has 1 aromatic rings. The van der Waals surface area contributed by atoms with Crippen LogP contribution in [-0.2, 0) is 0 Å². The topological polar surface area (TPSA) is 29.3 Å². The number of hydrogen-bond acceptors (Lipinski definition) is 3. The second kappa shape index (κ2) is 4.74. The molecule has 0 aromatic carbocycles. The third-order valence-electron chi connectivity index (χ3n) is 2.46. The average molecular weight is 198 g/mol. The Morgan fingerprint density at radius 2 is 2.31 bits per heavy atom. The van der Waals surface area contributed by atoms with Crippen molar-refractivity contribution in [2.75, 3.05) is 20.1 Å². The summed E-state index contributed by atoms with van der Waals surface area (Å²) in [5, 5.41) is 2.14. The molecule has 0 fully saturated rings. The van der Waals surface area contributed by atoms with Crippen LogP contribution in [0.4, 0.5) is 0 Å². The minimum absolute atomic E-state index is 0.394. The van der Waals surface area contributed by atoms with Crippen LogP contribution in [0.1, 0.15) is 23.4 Å². The number of thiophene rings is 1. The van der Waals surface area contributed by atoms with E-state index in [0.29, 0.717) is 12.6 Å². The molecule has 3 heteroatoms. The molecule has 1 unspecified atom stereocenters. The number of nitrogens with two attached hydrogens (primary N) is 1. The minimum Gasteiger partial charge on any atom is -0.329 e. The number of hydrogen-bond donors (Lipinski definition) is 1. The van der Waals surface area contributed by atoms with Crippen molar-refractivity contribution in [2.24, 2.45) is 5.73 Å². The predicted octanol–water partition coefficient (Wildman–Crippen LogP) is 2.01. The number of rotatable bonds is 4. The zero-order valence-corrected chi connectivity index (χ0v) is 9.40. The highest BCUT2D eigenvalue weighted by Gasteiger charge is 2.16. The van der Waals surface area contributed by atoms with E-state index in [1.165, 1.54) is 10.4 Å². The molecule has 2 nitrogen and oxygen atoms in total. The van der Waals surface area contributed by atoms with Crippen molar-refractivity contribution in [3.63, 3.8) is 0 Å². The maximum absolute atomic E-state index is 5.77. The summed E-state index contributed by atoms with van der Waals surface area (Å²) in [5.41, 5.74) is 7.14. The number of nitrogens with zero attached hydrogens (tertiary/aromatic N) is 1. The van der Waals surface area contributed by atoms with Crippen LogP contribution < -0.4 is 5.73 Å². The summed E-state index contributed by atoms with van der Waals surface area (Å²) in [5.74, 6) is 0. The first-order chi connectivity index (χ1) is 6.20. The second-order valence-electron chi connectivity index (χ2n) is 3.29. The Kier molecular flexibility index (Phi) is 3.90. The summed E-state index contributed by atoms with van der Waals surface area (Å²) in [6.07, 6.45) is 0. The van der Waals surface area contributed by atoms with Crippen molar-refractivity contribution in [2.45, 2.75) is 19.9 Å². The molecule has 74 valence electrons. The van der Waals surface area contributed by atoms with E-state index in [2.05, 4.69) is 37.2 Å². The minimum atomic E-state index is 0.394. The predicted molar refractivity (Wildman–Crippen MR) is 59.2 cm³/mol. The Morgan fingerprint density at radius 3 is 2.69 bits per heavy atom. The van der Waals surface area contributed by atoms with Gasteiger partial charge in [0.15, 0.2) is 0 Å². The van der Waals surface area contributed by atoms with Crippen molar-refractivity contribution in [1.82, 2.24) is 4.90 Å². The molecular weight excluding hydrogens is 180 g/mol. The van der Waals surface area contributed by atoms with Crippen molar-refractivity contribution in [1.29, 1.82) is 0 Å². The van der Waals surface area contributed by atoms with E-state index in [9.17, 15) is 0 Å². The molecule has 0 aliphatic rings. The molecule has 2 N–H and O–H groups in total. The van der Waals surface area contributed by atoms with E-state index < -0.39 is 0 Å². The number of likely N-dealkylation sites (N-methyl/N-ethyl adjacent to an activating group) is 1. The standard InChI is InChI=1S/C10H18N2S/c1-4-12(3)9(7-11)10-8(2)5-6-13-10/h5-6,9H,4,7,11H2,1-3H3. The summed E-state index contributed by atoms with van der Waals surface area (Å²) in [6.45, 7) is 6.05. The third kappa shape index (κ3) is 2.30. The van der Waals surface area contributed by atoms with Crippen LogP contribution in [0.5, 0.6) is 0 Å². The van der Waals surface area contributed by atoms with Crippen LogP contribution in [0.15, 0.2) is 11.4 Å². The maximum atomic E-state index is 5.77. The van der Waals surface area contributed by atoms with Gasteiger partial charge in [-0.15, -0.1) is 11.3 Å². The van der Waals surface area contributed by atoms with Crippen molar-refractivity contribution < 1.29 is 0 Å². The number of aryl methyl sites for hydroxylation is 1. The van der Waals surface area contributed by atoms with Gasteiger partial charge >= 0.3 is 0 Å². The van der Waals surface area contributed by atoms with Gasteiger partial charge in [-0.3, -0.25) is 4.90 Å². The van der Waals surface area contributed by atoms with E-state index in [1.54, 1.807) is 11.3 Å². The van der Waals surface area contributed by atoms with Crippen LogP contribution in [0, 0.1) is 6.92 Å². The molecule has 1 aromatic heterocycles. The first-order valence-corrected chi connectivity index (χ1v) is 5.53. The van der Waals surface area contributed by atoms with Crippen LogP contribution in [0.25, 0.3) is 0 Å². The fourth-order valence-corrected chi connectivity index (χ4v) is 2.54. The SMILES string of the molecule is CCN(C)C(CN)c1sccc1C. The van der Waals surface area contributed by atoms with Gasteiger partial charge in [-0.1, -0.05) is 6.92 Å². The molecule has 13 heavy (non-hydrogen) atoms. The van der Waals surface area contributed by atoms with Crippen molar-refractivity contribution >= 4 is 11.3 Å². The van der Waals surface area contributed by atoms with Crippen LogP contribution in [0.2, 0.25) is 0 Å². The van der Waals surface area contributed by atoms with E-state index >= 15 is 0 Å². The molecule has 1 atom stereocenters. The van der Waals surface area contributed by atoms with Gasteiger partial charge in [-0.2, -0.15) is 0 Å². The van der Waals surface area contributed by atoms with Gasteiger partial charge < -0.3 is 5.73 Å². The summed E-state index contributed by atoms with van der Waals surface area (Å²) < 4.78 is 0. The Balaban J connectivity index is 2.84. The van der Waals surface area contributed by atoms with Gasteiger partial charge in [0.1, 0.15) is 0 Å². The molecule has 0 spiro atoms. The van der Waals surface area contributed by atoms with E-state index in [0.717, 1.165) is 6.54 Å². The van der Waals surface area contributed by atoms with Gasteiger partial charge in [-0.25, -0.2) is 0 Å². The summed E-state index contributed by atoms with van der Waals surface area (Å²) >= 11 is 1.80. The highest BCUT2D eigenvalue weighted by atomic mass is 32.1. The highest BCUT2D eigenvalue weighted by Crippen LogP contribution is 2.26. The normalized spacial score (nSPS) is 13.6. The lowest BCUT2D eigenvalue weighted by Gasteiger charge is -2.25. The highest BCUT2D eigenvalue weighted by molar-refractivity contribution is 7.10. The maximum Gasteiger partial charge on any atom is 0.0564 e. The lowest BCUT2D eigenvalue weighted by Crippen LogP contribution is -2.30. The Labute approximate surface area is 84.4 Å². The largest absolute Gasteiger partial charge is 0.329 e. The Morgan fingerprint density at radius 1 is 1.62 bits per heavy atom. The van der Waals surface area contributed by atoms with Gasteiger partial charge in [-0.05, 0) is 37.5 Å². The molecule has 0 saturated heterocycles. The Hall–Kier alpha value is -0.380. The Bertz CT molecular complexity index is 257. The average Bonchev–Trinajstić information content (AvgIpc) is 2.53. The van der Waals surface area contributed by atoms with Crippen molar-refractivity contribution in [3.05, 3.63) is 21.9 Å². The molecule has 0 aliphatic heterocycles. The van der Waals surface area contributed by atoms with Crippen LogP contribution in [-0.4, -0.2) is 25.0 Å². The van der Waals surface area contributed by atoms with E-state index in [1.807, 2.05) is 0 Å². The second-order valence-corrected chi connectivity index (χ2v) is 4.24. The zero-order chi connectivity index (χ0) is 9.84. The van der Waals surface area contributed by atoms with Gasteiger partial charge in [0, 0.05) is 11.4 Å². The zero-order valence-electron chi connectivity index (χ0n) is 8.58. The lowest BCUT2D eigenvalue weighted by molar-refractivity contribution is 0.266. The molecule has 0 aliphatic carbocycles. The van der Waals surface area contributed by atoms with Crippen LogP contribution >= 0.6 is 11.3 Å². The van der Waals surface area contributed by atoms with E-state index in [-0.39, 0.29) is 0 Å². The fraction of sp³-hybridized carbons (Fsp3) is 0.600.